The summed E-state index contributed by atoms with van der Waals surface area (Å²) in [5, 5.41) is 25.2. The summed E-state index contributed by atoms with van der Waals surface area (Å²) in [5.41, 5.74) is 11.5. The van der Waals surface area contributed by atoms with Crippen LogP contribution in [-0.4, -0.2) is 83.7 Å². The van der Waals surface area contributed by atoms with Crippen molar-refractivity contribution in [3.05, 3.63) is 51.5 Å². The maximum atomic E-state index is 13.2. The van der Waals surface area contributed by atoms with Crippen LogP contribution in [-0.2, 0) is 30.6 Å². The smallest absolute Gasteiger partial charge is 0.352 e. The number of thioether (sulfide) groups is 1. The van der Waals surface area contributed by atoms with Gasteiger partial charge in [0.05, 0.1) is 10.9 Å². The molecule has 0 aromatic carbocycles. The Morgan fingerprint density at radius 2 is 2.12 bits per heavy atom. The zero-order valence-corrected chi connectivity index (χ0v) is 24.3. The number of carbonyl (C=O) groups excluding carboxylic acids is 3. The van der Waals surface area contributed by atoms with Crippen molar-refractivity contribution < 1.29 is 43.6 Å². The lowest BCUT2D eigenvalue weighted by Gasteiger charge is -2.49. The van der Waals surface area contributed by atoms with Crippen LogP contribution in [0, 0.1) is 0 Å². The van der Waals surface area contributed by atoms with Crippen molar-refractivity contribution >= 4 is 86.1 Å². The van der Waals surface area contributed by atoms with Crippen LogP contribution in [0.3, 0.4) is 0 Å². The molecular formula is C24H22ClN8O8S2+. The van der Waals surface area contributed by atoms with Crippen LogP contribution >= 0.6 is 34.7 Å². The number of nitrogens with two attached hydrogens (primary N) is 2. The van der Waals surface area contributed by atoms with Gasteiger partial charge >= 0.3 is 11.9 Å². The quantitative estimate of drug-likeness (QED) is 0.0731. The van der Waals surface area contributed by atoms with E-state index in [-0.39, 0.29) is 38.9 Å². The number of H-pyrrole nitrogens is 1. The molecule has 2 aliphatic heterocycles. The standard InChI is InChI=1S/C24H21ClN8O8S2/c1-8(22(37)38)41-31-14(13-17(25)43-24(27)30-13)19(35)29-15-20(36)33-16(23(39)40)10(7-42-21(15)33)6-32-3-2-11-9(5-32)4-12(28-11)18(26)34/h2-5,8,15,21H,6-7H2,1H3,(H7,26,27,29,30,34,35,37,38,39,40)/p+1/t8-,15+,21+/m0/s1. The first kappa shape index (κ1) is 29.8. The minimum absolute atomic E-state index is 0.00566. The Kier molecular flexibility index (Phi) is 8.00. The second-order valence-electron chi connectivity index (χ2n) is 9.35. The maximum absolute atomic E-state index is 13.2. The number of halogens is 1. The highest BCUT2D eigenvalue weighted by Gasteiger charge is 2.55. The number of hydrogen-bond acceptors (Lipinski definition) is 11. The molecule has 3 aromatic heterocycles. The third-order valence-electron chi connectivity index (χ3n) is 6.48. The molecule has 19 heteroatoms. The van der Waals surface area contributed by atoms with Crippen molar-refractivity contribution in [2.45, 2.75) is 31.0 Å². The predicted octanol–water partition coefficient (Wildman–Crippen LogP) is -0.121. The van der Waals surface area contributed by atoms with Crippen molar-refractivity contribution in [3.8, 4) is 0 Å². The largest absolute Gasteiger partial charge is 0.478 e. The molecule has 0 bridgehead atoms. The number of nitrogens with one attached hydrogen (secondary N) is 2. The van der Waals surface area contributed by atoms with Crippen molar-refractivity contribution in [1.29, 1.82) is 0 Å². The molecule has 1 fully saturated rings. The molecule has 5 rings (SSSR count). The Labute approximate surface area is 254 Å². The lowest BCUT2D eigenvalue weighted by Crippen LogP contribution is -2.71. The molecule has 0 unspecified atom stereocenters. The molecule has 0 spiro atoms. The van der Waals surface area contributed by atoms with Gasteiger partial charge < -0.3 is 36.8 Å². The molecule has 224 valence electrons. The third kappa shape index (κ3) is 5.71. The number of pyridine rings is 1. The number of rotatable bonds is 10. The van der Waals surface area contributed by atoms with Crippen molar-refractivity contribution in [2.24, 2.45) is 10.9 Å². The summed E-state index contributed by atoms with van der Waals surface area (Å²) in [7, 11) is 0. The van der Waals surface area contributed by atoms with E-state index in [0.29, 0.717) is 16.5 Å². The number of carboxylic acid groups (broad SMARTS) is 2. The van der Waals surface area contributed by atoms with Gasteiger partial charge in [0.25, 0.3) is 17.7 Å². The fourth-order valence-electron chi connectivity index (χ4n) is 4.42. The van der Waals surface area contributed by atoms with Gasteiger partial charge in [-0.05, 0) is 13.0 Å². The molecule has 43 heavy (non-hydrogen) atoms. The highest BCUT2D eigenvalue weighted by atomic mass is 35.5. The Balaban J connectivity index is 1.37. The van der Waals surface area contributed by atoms with E-state index in [2.05, 4.69) is 20.4 Å². The molecule has 5 heterocycles. The number of carbonyl (C=O) groups is 5. The molecule has 16 nitrogen and oxygen atoms in total. The first-order chi connectivity index (χ1) is 20.3. The van der Waals surface area contributed by atoms with Crippen LogP contribution in [0.4, 0.5) is 5.13 Å². The van der Waals surface area contributed by atoms with Gasteiger partial charge in [0.15, 0.2) is 29.8 Å². The SMILES string of the molecule is C[C@H](ON=C(C(=O)N[C@@H]1C(=O)N2C(C(=O)O)=C(C[n+]3ccc4[nH]c(C(N)=O)cc4c3)CS[C@H]12)c1nc(N)sc1Cl)C(=O)O. The average Bonchev–Trinajstić information content (AvgIpc) is 3.53. The number of β-lactam (4-membered cyclic amide) rings is 1. The molecule has 3 aromatic rings. The van der Waals surface area contributed by atoms with E-state index in [4.69, 9.17) is 33.0 Å². The summed E-state index contributed by atoms with van der Waals surface area (Å²) in [5.74, 6) is -4.70. The van der Waals surface area contributed by atoms with Crippen molar-refractivity contribution in [1.82, 2.24) is 20.2 Å². The fourth-order valence-corrected chi connectivity index (χ4v) is 6.69. The summed E-state index contributed by atoms with van der Waals surface area (Å²) in [4.78, 5) is 74.3. The summed E-state index contributed by atoms with van der Waals surface area (Å²) < 4.78 is 1.70. The van der Waals surface area contributed by atoms with E-state index in [1.165, 1.54) is 18.7 Å². The van der Waals surface area contributed by atoms with Gasteiger partial charge in [-0.3, -0.25) is 19.3 Å². The van der Waals surface area contributed by atoms with Gasteiger partial charge in [-0.25, -0.2) is 19.1 Å². The number of oxime groups is 1. The summed E-state index contributed by atoms with van der Waals surface area (Å²) >= 11 is 8.23. The van der Waals surface area contributed by atoms with Crippen LogP contribution in [0.5, 0.6) is 0 Å². The number of nitrogen functional groups attached to an aromatic ring is 1. The van der Waals surface area contributed by atoms with Crippen LogP contribution < -0.4 is 21.4 Å². The number of thiazole rings is 1. The Hall–Kier alpha value is -4.68. The van der Waals surface area contributed by atoms with Crippen LogP contribution in [0.25, 0.3) is 10.9 Å². The van der Waals surface area contributed by atoms with E-state index < -0.39 is 52.9 Å². The van der Waals surface area contributed by atoms with Crippen molar-refractivity contribution in [3.63, 3.8) is 0 Å². The predicted molar refractivity (Wildman–Crippen MR) is 153 cm³/mol. The molecule has 3 amide bonds. The Morgan fingerprint density at radius 1 is 1.37 bits per heavy atom. The summed E-state index contributed by atoms with van der Waals surface area (Å²) in [6, 6.07) is 2.15. The lowest BCUT2D eigenvalue weighted by molar-refractivity contribution is -0.687. The first-order valence-electron chi connectivity index (χ1n) is 12.3. The number of aliphatic carboxylic acids is 2. The minimum atomic E-state index is -1.42. The minimum Gasteiger partial charge on any atom is -0.478 e. The molecule has 3 atom stereocenters. The molecule has 0 aliphatic carbocycles. The van der Waals surface area contributed by atoms with Crippen molar-refractivity contribution in [2.75, 3.05) is 11.5 Å². The molecule has 2 aliphatic rings. The summed E-state index contributed by atoms with van der Waals surface area (Å²) in [6.07, 6.45) is 1.99. The van der Waals surface area contributed by atoms with Crippen LogP contribution in [0.2, 0.25) is 4.34 Å². The highest BCUT2D eigenvalue weighted by molar-refractivity contribution is 8.00. The van der Waals surface area contributed by atoms with Gasteiger partial charge in [-0.2, -0.15) is 0 Å². The normalized spacial score (nSPS) is 19.1. The number of nitrogens with zero attached hydrogens (tertiary/aromatic N) is 4. The molecular weight excluding hydrogens is 628 g/mol. The van der Waals surface area contributed by atoms with E-state index in [1.54, 1.807) is 29.1 Å². The number of primary amides is 1. The third-order valence-corrected chi connectivity index (χ3v) is 8.91. The molecule has 1 saturated heterocycles. The molecule has 0 radical (unpaired) electrons. The van der Waals surface area contributed by atoms with E-state index in [1.807, 2.05) is 0 Å². The second kappa shape index (κ2) is 11.5. The monoisotopic (exact) mass is 649 g/mol. The van der Waals surface area contributed by atoms with Gasteiger partial charge in [0, 0.05) is 17.4 Å². The zero-order valence-electron chi connectivity index (χ0n) is 21.9. The second-order valence-corrected chi connectivity index (χ2v) is 12.1. The van der Waals surface area contributed by atoms with Gasteiger partial charge in [0.2, 0.25) is 6.10 Å². The number of hydrogen-bond donors (Lipinski definition) is 6. The number of carboxylic acids is 2. The zero-order chi connectivity index (χ0) is 31.2. The van der Waals surface area contributed by atoms with E-state index >= 15 is 0 Å². The number of aromatic amines is 1. The van der Waals surface area contributed by atoms with E-state index in [0.717, 1.165) is 16.2 Å². The topological polar surface area (TPSA) is 247 Å². The van der Waals surface area contributed by atoms with E-state index in [9.17, 15) is 29.1 Å². The first-order valence-corrected chi connectivity index (χ1v) is 14.5. The van der Waals surface area contributed by atoms with Gasteiger partial charge in [0.1, 0.15) is 32.8 Å². The number of aromatic nitrogens is 3. The fraction of sp³-hybridized carbons (Fsp3) is 0.250. The average molecular weight is 650 g/mol. The van der Waals surface area contributed by atoms with Crippen LogP contribution in [0.15, 0.2) is 41.0 Å². The maximum Gasteiger partial charge on any atom is 0.352 e. The lowest BCUT2D eigenvalue weighted by atomic mass is 10.0. The highest BCUT2D eigenvalue weighted by Crippen LogP contribution is 2.40. The summed E-state index contributed by atoms with van der Waals surface area (Å²) in [6.45, 7) is 1.32. The Bertz CT molecular complexity index is 1770. The number of fused-ring (bicyclic) bond motifs is 2. The number of anilines is 1. The number of amides is 3. The van der Waals surface area contributed by atoms with Crippen LogP contribution in [0.1, 0.15) is 23.1 Å². The molecule has 8 N–H and O–H groups in total. The molecule has 0 saturated carbocycles. The van der Waals surface area contributed by atoms with Gasteiger partial charge in [-0.15, -0.1) is 11.8 Å². The van der Waals surface area contributed by atoms with Gasteiger partial charge in [-0.1, -0.05) is 28.1 Å². The Morgan fingerprint density at radius 3 is 2.74 bits per heavy atom.